The van der Waals surface area contributed by atoms with Gasteiger partial charge in [0, 0.05) is 12.8 Å². The largest absolute Gasteiger partial charge is 0.472 e. The number of carbonyl (C=O) groups excluding carboxylic acids is 2. The third-order valence-corrected chi connectivity index (χ3v) is 10.9. The van der Waals surface area contributed by atoms with Crippen molar-refractivity contribution in [2.24, 2.45) is 0 Å². The van der Waals surface area contributed by atoms with E-state index in [-0.39, 0.29) is 12.8 Å². The number of hydrogen-bond acceptors (Lipinski definition) is 12. The Kier molecular flexibility index (Phi) is 32.0. The second kappa shape index (κ2) is 34.5. The lowest BCUT2D eigenvalue weighted by molar-refractivity contribution is -0.220. The molecule has 14 heteroatoms. The predicted octanol–water partition coefficient (Wildman–Crippen LogP) is 8.00. The smallest absolute Gasteiger partial charge is 0.462 e. The maximum atomic E-state index is 12.8. The molecule has 8 atom stereocenters. The van der Waals surface area contributed by atoms with Gasteiger partial charge in [-0.3, -0.25) is 18.6 Å². The average molecular weight is 845 g/mol. The van der Waals surface area contributed by atoms with Gasteiger partial charge in [0.05, 0.1) is 6.61 Å². The Labute approximate surface area is 348 Å². The maximum Gasteiger partial charge on any atom is 0.472 e. The van der Waals surface area contributed by atoms with Crippen molar-refractivity contribution in [2.45, 2.75) is 204 Å². The first-order valence-corrected chi connectivity index (χ1v) is 23.4. The van der Waals surface area contributed by atoms with Crippen LogP contribution in [0.5, 0.6) is 0 Å². The quantitative estimate of drug-likeness (QED) is 0.0155. The van der Waals surface area contributed by atoms with Crippen molar-refractivity contribution in [2.75, 3.05) is 13.2 Å². The average Bonchev–Trinajstić information content (AvgIpc) is 3.20. The van der Waals surface area contributed by atoms with Gasteiger partial charge in [-0.2, -0.15) is 0 Å². The zero-order chi connectivity index (χ0) is 42.9. The van der Waals surface area contributed by atoms with E-state index in [2.05, 4.69) is 62.5 Å². The topological polar surface area (TPSA) is 210 Å². The first-order chi connectivity index (χ1) is 27.9. The van der Waals surface area contributed by atoms with Crippen LogP contribution in [0, 0.1) is 0 Å². The Morgan fingerprint density at radius 3 is 1.45 bits per heavy atom. The number of hydrogen-bond donors (Lipinski definition) is 6. The van der Waals surface area contributed by atoms with E-state index >= 15 is 0 Å². The number of ether oxygens (including phenoxy) is 2. The van der Waals surface area contributed by atoms with Gasteiger partial charge in [0.1, 0.15) is 43.2 Å². The minimum absolute atomic E-state index is 0.0761. The number of phosphoric acid groups is 1. The van der Waals surface area contributed by atoms with Crippen LogP contribution in [0.2, 0.25) is 0 Å². The third-order valence-electron chi connectivity index (χ3n) is 9.89. The number of aliphatic hydroxyl groups excluding tert-OH is 5. The molecule has 0 aromatic rings. The van der Waals surface area contributed by atoms with Gasteiger partial charge in [-0.05, 0) is 70.6 Å². The van der Waals surface area contributed by atoms with E-state index in [1.165, 1.54) is 32.1 Å². The molecule has 0 aromatic carbocycles. The number of unbranched alkanes of at least 4 members (excludes halogenated alkanes) is 15. The second-order valence-electron chi connectivity index (χ2n) is 15.2. The van der Waals surface area contributed by atoms with Gasteiger partial charge in [-0.25, -0.2) is 4.57 Å². The summed E-state index contributed by atoms with van der Waals surface area (Å²) in [5.74, 6) is -1.14. The molecule has 336 valence electrons. The van der Waals surface area contributed by atoms with E-state index in [0.717, 1.165) is 89.9 Å². The summed E-state index contributed by atoms with van der Waals surface area (Å²) in [5, 5.41) is 50.1. The van der Waals surface area contributed by atoms with Gasteiger partial charge in [-0.15, -0.1) is 0 Å². The van der Waals surface area contributed by atoms with Gasteiger partial charge in [0.15, 0.2) is 6.10 Å². The van der Waals surface area contributed by atoms with Crippen molar-refractivity contribution in [3.05, 3.63) is 48.6 Å². The van der Waals surface area contributed by atoms with Gasteiger partial charge >= 0.3 is 19.8 Å². The minimum atomic E-state index is -5.12. The van der Waals surface area contributed by atoms with Crippen molar-refractivity contribution in [1.29, 1.82) is 0 Å². The molecule has 1 aliphatic carbocycles. The summed E-state index contributed by atoms with van der Waals surface area (Å²) in [6, 6.07) is 0. The fourth-order valence-electron chi connectivity index (χ4n) is 6.27. The standard InChI is InChI=1S/C44H77O13P/c1-3-5-7-9-11-13-15-17-19-21-23-25-27-29-31-33-38(46)56-36(35-55-58(52,53)57-44-42(50)40(48)39(47)41(49)43(44)51)34-54-37(45)32-30-28-26-24-22-20-18-16-14-12-10-8-6-4-2/h10-13,16-19,36,39-44,47-51H,3-9,14-15,20-35H2,1-2H3,(H,52,53)/b12-10-,13-11-,18-16-,19-17-/t36-,39?,40-,41?,42?,43?,44?/m1/s1. The van der Waals surface area contributed by atoms with E-state index in [4.69, 9.17) is 18.5 Å². The summed E-state index contributed by atoms with van der Waals surface area (Å²) in [6.07, 6.45) is 25.9. The summed E-state index contributed by atoms with van der Waals surface area (Å²) in [5.41, 5.74) is 0. The van der Waals surface area contributed by atoms with E-state index in [9.17, 15) is 44.6 Å². The molecule has 0 aromatic heterocycles. The van der Waals surface area contributed by atoms with Crippen LogP contribution in [0.15, 0.2) is 48.6 Å². The fraction of sp³-hybridized carbons (Fsp3) is 0.773. The Hall–Kier alpha value is -2.19. The minimum Gasteiger partial charge on any atom is -0.462 e. The molecule has 1 fully saturated rings. The van der Waals surface area contributed by atoms with Crippen LogP contribution in [-0.2, 0) is 32.7 Å². The predicted molar refractivity (Wildman–Crippen MR) is 226 cm³/mol. The maximum absolute atomic E-state index is 12.8. The van der Waals surface area contributed by atoms with Crippen molar-refractivity contribution >= 4 is 19.8 Å². The van der Waals surface area contributed by atoms with E-state index in [1.807, 2.05) is 0 Å². The first-order valence-electron chi connectivity index (χ1n) is 21.9. The zero-order valence-electron chi connectivity index (χ0n) is 35.3. The highest BCUT2D eigenvalue weighted by molar-refractivity contribution is 7.47. The molecule has 0 heterocycles. The molecule has 1 saturated carbocycles. The van der Waals surface area contributed by atoms with Gasteiger partial charge in [-0.1, -0.05) is 127 Å². The lowest BCUT2D eigenvalue weighted by atomic mass is 9.85. The number of allylic oxidation sites excluding steroid dienone is 8. The van der Waals surface area contributed by atoms with Gasteiger partial charge in [0.2, 0.25) is 0 Å². The molecule has 0 bridgehead atoms. The molecule has 0 saturated heterocycles. The molecule has 0 aliphatic heterocycles. The third kappa shape index (κ3) is 26.8. The fourth-order valence-corrected chi connectivity index (χ4v) is 7.25. The van der Waals surface area contributed by atoms with Crippen molar-refractivity contribution < 1.29 is 63.1 Å². The molecule has 13 nitrogen and oxygen atoms in total. The molecular weight excluding hydrogens is 767 g/mol. The van der Waals surface area contributed by atoms with Gasteiger partial charge in [0.25, 0.3) is 0 Å². The summed E-state index contributed by atoms with van der Waals surface area (Å²) in [6.45, 7) is 3.19. The van der Waals surface area contributed by atoms with E-state index in [1.54, 1.807) is 0 Å². The van der Waals surface area contributed by atoms with Crippen LogP contribution in [0.4, 0.5) is 0 Å². The Morgan fingerprint density at radius 1 is 0.534 bits per heavy atom. The number of esters is 2. The van der Waals surface area contributed by atoms with Crippen molar-refractivity contribution in [3.63, 3.8) is 0 Å². The molecular formula is C44H77O13P. The van der Waals surface area contributed by atoms with Crippen LogP contribution in [0.1, 0.15) is 162 Å². The summed E-state index contributed by atoms with van der Waals surface area (Å²) in [4.78, 5) is 35.6. The lowest BCUT2D eigenvalue weighted by Crippen LogP contribution is -2.64. The molecule has 6 N–H and O–H groups in total. The van der Waals surface area contributed by atoms with E-state index < -0.39 is 75.7 Å². The van der Waals surface area contributed by atoms with Crippen molar-refractivity contribution in [3.8, 4) is 0 Å². The second-order valence-corrected chi connectivity index (χ2v) is 16.6. The van der Waals surface area contributed by atoms with Crippen LogP contribution in [0.25, 0.3) is 0 Å². The monoisotopic (exact) mass is 845 g/mol. The molecule has 1 aliphatic rings. The highest BCUT2D eigenvalue weighted by Gasteiger charge is 2.51. The highest BCUT2D eigenvalue weighted by atomic mass is 31.2. The summed E-state index contributed by atoms with van der Waals surface area (Å²) in [7, 11) is -5.12. The molecule has 1 rings (SSSR count). The molecule has 58 heavy (non-hydrogen) atoms. The number of phosphoric ester groups is 1. The highest BCUT2D eigenvalue weighted by Crippen LogP contribution is 2.47. The lowest BCUT2D eigenvalue weighted by Gasteiger charge is -2.41. The number of rotatable bonds is 35. The van der Waals surface area contributed by atoms with E-state index in [0.29, 0.717) is 12.8 Å². The zero-order valence-corrected chi connectivity index (χ0v) is 36.2. The Bertz CT molecular complexity index is 1210. The SMILES string of the molecule is CCCC/C=C\C/C=C\CCCCCCCC(=O)OC[C@H](COP(=O)(O)OC1C(O)C(O)C(O)[C@@H](O)C1O)OC(=O)CCCCCCC/C=C\C/C=C\CCCCC. The van der Waals surface area contributed by atoms with Crippen LogP contribution in [-0.4, -0.2) is 98.3 Å². The molecule has 0 amide bonds. The summed E-state index contributed by atoms with van der Waals surface area (Å²) < 4.78 is 33.4. The first kappa shape index (κ1) is 53.8. The normalized spacial score (nSPS) is 23.0. The van der Waals surface area contributed by atoms with Crippen LogP contribution in [0.3, 0.4) is 0 Å². The van der Waals surface area contributed by atoms with Crippen LogP contribution >= 0.6 is 7.82 Å². The van der Waals surface area contributed by atoms with Gasteiger partial charge < -0.3 is 39.9 Å². The molecule has 0 spiro atoms. The Morgan fingerprint density at radius 2 is 0.948 bits per heavy atom. The number of carbonyl (C=O) groups is 2. The number of aliphatic hydroxyl groups is 5. The van der Waals surface area contributed by atoms with Crippen LogP contribution < -0.4 is 0 Å². The Balaban J connectivity index is 2.51. The molecule has 6 unspecified atom stereocenters. The summed E-state index contributed by atoms with van der Waals surface area (Å²) >= 11 is 0. The molecule has 0 radical (unpaired) electrons. The van der Waals surface area contributed by atoms with Crippen molar-refractivity contribution in [1.82, 2.24) is 0 Å².